The van der Waals surface area contributed by atoms with Gasteiger partial charge in [0.1, 0.15) is 5.82 Å². The number of hydrogen-bond donors (Lipinski definition) is 0. The zero-order valence-corrected chi connectivity index (χ0v) is 13.4. The Morgan fingerprint density at radius 2 is 1.91 bits per heavy atom. The Morgan fingerprint density at radius 3 is 2.50 bits per heavy atom. The van der Waals surface area contributed by atoms with Crippen molar-refractivity contribution in [2.75, 3.05) is 6.61 Å². The van der Waals surface area contributed by atoms with Gasteiger partial charge in [-0.25, -0.2) is 4.39 Å². The van der Waals surface area contributed by atoms with Crippen molar-refractivity contribution in [3.8, 4) is 0 Å². The minimum atomic E-state index is -1.11. The van der Waals surface area contributed by atoms with Gasteiger partial charge in [0.05, 0.1) is 12.0 Å². The first-order valence-electron chi connectivity index (χ1n) is 7.14. The summed E-state index contributed by atoms with van der Waals surface area (Å²) in [6, 6.07) is 13.8. The van der Waals surface area contributed by atoms with Crippen LogP contribution in [0.5, 0.6) is 0 Å². The number of hydrogen-bond acceptors (Lipinski definition) is 2. The number of halogens is 2. The van der Waals surface area contributed by atoms with Crippen molar-refractivity contribution in [2.24, 2.45) is 0 Å². The maximum Gasteiger partial charge on any atom is 0.316 e. The van der Waals surface area contributed by atoms with E-state index in [4.69, 9.17) is 16.3 Å². The molecule has 0 radical (unpaired) electrons. The van der Waals surface area contributed by atoms with Crippen LogP contribution in [0.25, 0.3) is 0 Å². The smallest absolute Gasteiger partial charge is 0.316 e. The molecule has 0 fully saturated rings. The highest BCUT2D eigenvalue weighted by Gasteiger charge is 2.39. The number of rotatable bonds is 5. The molecule has 22 heavy (non-hydrogen) atoms. The van der Waals surface area contributed by atoms with Gasteiger partial charge >= 0.3 is 5.97 Å². The van der Waals surface area contributed by atoms with Crippen molar-refractivity contribution in [3.05, 3.63) is 70.5 Å². The summed E-state index contributed by atoms with van der Waals surface area (Å²) in [6.07, 6.45) is 0.352. The Hall–Kier alpha value is -1.87. The molecule has 2 nitrogen and oxygen atoms in total. The molecule has 0 heterocycles. The van der Waals surface area contributed by atoms with Gasteiger partial charge in [0.2, 0.25) is 0 Å². The molecule has 0 spiro atoms. The van der Waals surface area contributed by atoms with Crippen LogP contribution in [0.2, 0.25) is 5.02 Å². The number of carbonyl (C=O) groups excluding carboxylic acids is 1. The molecule has 0 aliphatic heterocycles. The monoisotopic (exact) mass is 320 g/mol. The lowest BCUT2D eigenvalue weighted by Crippen LogP contribution is -2.37. The van der Waals surface area contributed by atoms with E-state index in [0.717, 1.165) is 5.56 Å². The quantitative estimate of drug-likeness (QED) is 0.756. The van der Waals surface area contributed by atoms with E-state index < -0.39 is 17.2 Å². The summed E-state index contributed by atoms with van der Waals surface area (Å²) in [4.78, 5) is 12.5. The molecule has 0 aliphatic carbocycles. The fraction of sp³-hybridized carbons (Fsp3) is 0.278. The van der Waals surface area contributed by atoms with Gasteiger partial charge in [-0.1, -0.05) is 48.0 Å². The van der Waals surface area contributed by atoms with Crippen LogP contribution < -0.4 is 0 Å². The summed E-state index contributed by atoms with van der Waals surface area (Å²) in [5, 5.41) is 0.298. The van der Waals surface area contributed by atoms with Crippen molar-refractivity contribution < 1.29 is 13.9 Å². The van der Waals surface area contributed by atoms with Crippen molar-refractivity contribution in [2.45, 2.75) is 25.7 Å². The van der Waals surface area contributed by atoms with E-state index in [0.29, 0.717) is 17.0 Å². The normalized spacial score (nSPS) is 13.5. The van der Waals surface area contributed by atoms with Crippen molar-refractivity contribution in [3.63, 3.8) is 0 Å². The largest absolute Gasteiger partial charge is 0.465 e. The molecule has 0 saturated heterocycles. The predicted molar refractivity (Wildman–Crippen MR) is 85.5 cm³/mol. The Balaban J connectivity index is 2.47. The van der Waals surface area contributed by atoms with Crippen molar-refractivity contribution in [1.29, 1.82) is 0 Å². The average molecular weight is 321 g/mol. The summed E-state index contributed by atoms with van der Waals surface area (Å²) in [7, 11) is 0. The highest BCUT2D eigenvalue weighted by molar-refractivity contribution is 6.30. The maximum atomic E-state index is 14.4. The van der Waals surface area contributed by atoms with Gasteiger partial charge in [0.25, 0.3) is 0 Å². The van der Waals surface area contributed by atoms with Crippen LogP contribution in [-0.4, -0.2) is 12.6 Å². The minimum Gasteiger partial charge on any atom is -0.465 e. The molecular formula is C18H18ClFO2. The molecule has 0 aliphatic rings. The lowest BCUT2D eigenvalue weighted by molar-refractivity contribution is -0.149. The van der Waals surface area contributed by atoms with E-state index in [1.807, 2.05) is 30.3 Å². The standard InChI is InChI=1S/C18H18ClFO2/c1-3-22-17(21)18(2,12-13-7-5-4-6-8-13)15-10-9-14(19)11-16(15)20/h4-11H,3,12H2,1-2H3. The first-order valence-corrected chi connectivity index (χ1v) is 7.52. The molecule has 2 rings (SSSR count). The first kappa shape index (κ1) is 16.5. The summed E-state index contributed by atoms with van der Waals surface area (Å²) >= 11 is 5.81. The summed E-state index contributed by atoms with van der Waals surface area (Å²) in [5.41, 5.74) is 0.123. The lowest BCUT2D eigenvalue weighted by Gasteiger charge is -2.28. The number of esters is 1. The molecule has 0 saturated carbocycles. The molecule has 116 valence electrons. The third-order valence-corrected chi connectivity index (χ3v) is 3.89. The second-order valence-electron chi connectivity index (χ2n) is 5.34. The maximum absolute atomic E-state index is 14.4. The van der Waals surface area contributed by atoms with Gasteiger partial charge in [-0.2, -0.15) is 0 Å². The SMILES string of the molecule is CCOC(=O)C(C)(Cc1ccccc1)c1ccc(Cl)cc1F. The van der Waals surface area contributed by atoms with Crippen LogP contribution >= 0.6 is 11.6 Å². The van der Waals surface area contributed by atoms with E-state index in [9.17, 15) is 9.18 Å². The third kappa shape index (κ3) is 3.47. The topological polar surface area (TPSA) is 26.3 Å². The van der Waals surface area contributed by atoms with Crippen LogP contribution in [0.1, 0.15) is 25.0 Å². The summed E-state index contributed by atoms with van der Waals surface area (Å²) in [6.45, 7) is 3.68. The van der Waals surface area contributed by atoms with E-state index in [-0.39, 0.29) is 6.61 Å². The van der Waals surface area contributed by atoms with Crippen LogP contribution in [0.15, 0.2) is 48.5 Å². The van der Waals surface area contributed by atoms with E-state index in [2.05, 4.69) is 0 Å². The molecule has 1 atom stereocenters. The van der Waals surface area contributed by atoms with Crippen molar-refractivity contribution >= 4 is 17.6 Å². The Morgan fingerprint density at radius 1 is 1.23 bits per heavy atom. The fourth-order valence-electron chi connectivity index (χ4n) is 2.51. The predicted octanol–water partition coefficient (Wildman–Crippen LogP) is 4.54. The third-order valence-electron chi connectivity index (χ3n) is 3.65. The second kappa shape index (κ2) is 6.93. The molecule has 2 aromatic rings. The first-order chi connectivity index (χ1) is 10.5. The lowest BCUT2D eigenvalue weighted by atomic mass is 9.77. The summed E-state index contributed by atoms with van der Waals surface area (Å²) < 4.78 is 19.5. The van der Waals surface area contributed by atoms with Gasteiger partial charge in [-0.15, -0.1) is 0 Å². The van der Waals surface area contributed by atoms with Crippen LogP contribution in [0.3, 0.4) is 0 Å². The fourth-order valence-corrected chi connectivity index (χ4v) is 2.67. The highest BCUT2D eigenvalue weighted by atomic mass is 35.5. The molecule has 0 amide bonds. The molecule has 4 heteroatoms. The van der Waals surface area contributed by atoms with E-state index in [1.165, 1.54) is 6.07 Å². The molecule has 1 unspecified atom stereocenters. The molecule has 0 bridgehead atoms. The van der Waals surface area contributed by atoms with Gasteiger partial charge in [-0.3, -0.25) is 4.79 Å². The minimum absolute atomic E-state index is 0.248. The van der Waals surface area contributed by atoms with Crippen molar-refractivity contribution in [1.82, 2.24) is 0 Å². The molecule has 2 aromatic carbocycles. The molecule has 0 aromatic heterocycles. The van der Waals surface area contributed by atoms with Gasteiger partial charge < -0.3 is 4.74 Å². The van der Waals surface area contributed by atoms with E-state index >= 15 is 0 Å². The van der Waals surface area contributed by atoms with Crippen LogP contribution in [0, 0.1) is 5.82 Å². The van der Waals surface area contributed by atoms with Gasteiger partial charge in [-0.05, 0) is 38.0 Å². The molecule has 0 N–H and O–H groups in total. The number of ether oxygens (including phenoxy) is 1. The highest BCUT2D eigenvalue weighted by Crippen LogP contribution is 2.33. The zero-order chi connectivity index (χ0) is 16.2. The average Bonchev–Trinajstić information content (AvgIpc) is 2.48. The van der Waals surface area contributed by atoms with E-state index in [1.54, 1.807) is 26.0 Å². The van der Waals surface area contributed by atoms with Crippen LogP contribution in [-0.2, 0) is 21.4 Å². The number of benzene rings is 2. The Labute approximate surface area is 134 Å². The zero-order valence-electron chi connectivity index (χ0n) is 12.6. The Bertz CT molecular complexity index is 657. The number of carbonyl (C=O) groups is 1. The summed E-state index contributed by atoms with van der Waals surface area (Å²) in [5.74, 6) is -0.945. The molecular weight excluding hydrogens is 303 g/mol. The van der Waals surface area contributed by atoms with Crippen LogP contribution in [0.4, 0.5) is 4.39 Å². The van der Waals surface area contributed by atoms with Gasteiger partial charge in [0, 0.05) is 10.6 Å². The second-order valence-corrected chi connectivity index (χ2v) is 5.78. The van der Waals surface area contributed by atoms with Gasteiger partial charge in [0.15, 0.2) is 0 Å². The Kier molecular flexibility index (Phi) is 5.19.